The fourth-order valence-corrected chi connectivity index (χ4v) is 8.71. The topological polar surface area (TPSA) is 68.6 Å². The lowest BCUT2D eigenvalue weighted by atomic mass is 9.44. The molecule has 1 aromatic heterocycles. The molecule has 0 amide bonds. The van der Waals surface area contributed by atoms with Crippen LogP contribution in [0.4, 0.5) is 0 Å². The Morgan fingerprint density at radius 3 is 2.67 bits per heavy atom. The number of fused-ring (bicyclic) bond motifs is 5. The van der Waals surface area contributed by atoms with E-state index in [4.69, 9.17) is 14.9 Å². The number of hydrogen-bond acceptors (Lipinski definition) is 4. The molecule has 1 aromatic rings. The van der Waals surface area contributed by atoms with Crippen molar-refractivity contribution in [2.75, 3.05) is 13.2 Å². The normalized spacial score (nSPS) is 46.7. The Morgan fingerprint density at radius 1 is 1.10 bits per heavy atom. The summed E-state index contributed by atoms with van der Waals surface area (Å²) in [6, 6.07) is 2.21. The fraction of sp³-hybridized carbons (Fsp3) is 0.846. The summed E-state index contributed by atoms with van der Waals surface area (Å²) in [6.45, 7) is 5.90. The van der Waals surface area contributed by atoms with Crippen LogP contribution in [-0.4, -0.2) is 30.5 Å². The number of nitrogens with two attached hydrogens (primary N) is 1. The first kappa shape index (κ1) is 21.0. The van der Waals surface area contributed by atoms with Gasteiger partial charge in [-0.1, -0.05) is 13.8 Å². The van der Waals surface area contributed by atoms with Crippen molar-refractivity contribution < 1.29 is 14.3 Å². The van der Waals surface area contributed by atoms with Gasteiger partial charge in [-0.05, 0) is 110 Å². The van der Waals surface area contributed by atoms with Gasteiger partial charge in [0.05, 0.1) is 31.3 Å². The van der Waals surface area contributed by atoms with Gasteiger partial charge < -0.3 is 20.0 Å². The largest absolute Gasteiger partial charge is 0.472 e. The second-order valence-corrected chi connectivity index (χ2v) is 11.5. The van der Waals surface area contributed by atoms with Crippen LogP contribution in [0, 0.1) is 34.5 Å². The monoisotopic (exact) mass is 415 g/mol. The van der Waals surface area contributed by atoms with Crippen LogP contribution in [0.25, 0.3) is 0 Å². The highest BCUT2D eigenvalue weighted by atomic mass is 16.5. The van der Waals surface area contributed by atoms with E-state index in [2.05, 4.69) is 19.9 Å². The van der Waals surface area contributed by atoms with Gasteiger partial charge in [0.1, 0.15) is 0 Å². The molecule has 4 nitrogen and oxygen atoms in total. The van der Waals surface area contributed by atoms with Crippen molar-refractivity contribution in [2.45, 2.75) is 89.8 Å². The van der Waals surface area contributed by atoms with E-state index in [1.165, 1.54) is 56.9 Å². The van der Waals surface area contributed by atoms with Crippen LogP contribution < -0.4 is 5.73 Å². The maximum absolute atomic E-state index is 9.77. The van der Waals surface area contributed by atoms with Crippen LogP contribution in [0.3, 0.4) is 0 Å². The number of aliphatic hydroxyl groups excluding tert-OH is 1. The molecule has 0 aliphatic heterocycles. The Labute approximate surface area is 181 Å². The second kappa shape index (κ2) is 7.94. The van der Waals surface area contributed by atoms with Crippen molar-refractivity contribution in [2.24, 2.45) is 40.2 Å². The lowest BCUT2D eigenvalue weighted by Crippen LogP contribution is -2.54. The minimum atomic E-state index is -0.518. The zero-order chi connectivity index (χ0) is 20.9. The van der Waals surface area contributed by atoms with Gasteiger partial charge in [-0.3, -0.25) is 0 Å². The summed E-state index contributed by atoms with van der Waals surface area (Å²) in [6.07, 6.45) is 15.5. The third-order valence-electron chi connectivity index (χ3n) is 10.4. The van der Waals surface area contributed by atoms with Gasteiger partial charge in [0.2, 0.25) is 0 Å². The first-order chi connectivity index (χ1) is 14.5. The van der Waals surface area contributed by atoms with Crippen LogP contribution in [0.5, 0.6) is 0 Å². The van der Waals surface area contributed by atoms with Gasteiger partial charge in [-0.25, -0.2) is 0 Å². The molecule has 0 aromatic carbocycles. The second-order valence-electron chi connectivity index (χ2n) is 11.5. The molecule has 4 aliphatic rings. The molecule has 168 valence electrons. The summed E-state index contributed by atoms with van der Waals surface area (Å²) in [5.74, 6) is 4.13. The van der Waals surface area contributed by atoms with E-state index in [-0.39, 0.29) is 6.54 Å². The van der Waals surface area contributed by atoms with Crippen LogP contribution in [0.15, 0.2) is 23.0 Å². The Bertz CT molecular complexity index is 720. The molecule has 1 unspecified atom stereocenters. The standard InChI is InChI=1S/C26H41NO3/c1-25-10-7-20(30-16-19(28)14-27)13-18(25)3-4-21-23-6-5-22(17-9-12-29-15-17)26(23,2)11-8-24(21)25/h9,12,15,18-24,28H,3-8,10-11,13-14,16,27H2,1-2H3/t18-,19?,20+,21+,22-,23+,24+,25+,26-/m1/s1. The number of hydrogen-bond donors (Lipinski definition) is 2. The Hall–Kier alpha value is -0.840. The maximum Gasteiger partial charge on any atom is 0.0937 e. The van der Waals surface area contributed by atoms with Crippen molar-refractivity contribution in [3.63, 3.8) is 0 Å². The average Bonchev–Trinajstić information content (AvgIpc) is 3.38. The molecule has 4 fully saturated rings. The third kappa shape index (κ3) is 3.29. The van der Waals surface area contributed by atoms with E-state index in [0.29, 0.717) is 29.5 Å². The summed E-state index contributed by atoms with van der Waals surface area (Å²) in [5, 5.41) is 9.77. The van der Waals surface area contributed by atoms with E-state index in [0.717, 1.165) is 30.1 Å². The van der Waals surface area contributed by atoms with Crippen LogP contribution >= 0.6 is 0 Å². The van der Waals surface area contributed by atoms with Crippen molar-refractivity contribution in [3.05, 3.63) is 24.2 Å². The molecule has 4 saturated carbocycles. The molecule has 1 heterocycles. The molecule has 0 radical (unpaired) electrons. The highest BCUT2D eigenvalue weighted by molar-refractivity contribution is 5.22. The molecular formula is C26H41NO3. The first-order valence-corrected chi connectivity index (χ1v) is 12.5. The first-order valence-electron chi connectivity index (χ1n) is 12.5. The zero-order valence-corrected chi connectivity index (χ0v) is 18.9. The molecule has 4 heteroatoms. The quantitative estimate of drug-likeness (QED) is 0.701. The van der Waals surface area contributed by atoms with Crippen molar-refractivity contribution in [1.82, 2.24) is 0 Å². The SMILES string of the molecule is C[C@]12CC[C@H](OCC(O)CN)C[C@H]1CC[C@@H]1[C@@H]2CC[C@]2(C)[C@@H](c3ccoc3)CC[C@@H]12. The van der Waals surface area contributed by atoms with E-state index >= 15 is 0 Å². The predicted molar refractivity (Wildman–Crippen MR) is 118 cm³/mol. The molecule has 4 aliphatic carbocycles. The number of ether oxygens (including phenoxy) is 1. The van der Waals surface area contributed by atoms with Gasteiger partial charge in [0.25, 0.3) is 0 Å². The van der Waals surface area contributed by atoms with Gasteiger partial charge in [-0.2, -0.15) is 0 Å². The van der Waals surface area contributed by atoms with Crippen molar-refractivity contribution >= 4 is 0 Å². The van der Waals surface area contributed by atoms with Gasteiger partial charge >= 0.3 is 0 Å². The van der Waals surface area contributed by atoms with Crippen LogP contribution in [-0.2, 0) is 4.74 Å². The van der Waals surface area contributed by atoms with Gasteiger partial charge in [0, 0.05) is 6.54 Å². The van der Waals surface area contributed by atoms with Crippen LogP contribution in [0.1, 0.15) is 83.1 Å². The summed E-state index contributed by atoms with van der Waals surface area (Å²) < 4.78 is 11.5. The highest BCUT2D eigenvalue weighted by Gasteiger charge is 2.60. The minimum absolute atomic E-state index is 0.289. The van der Waals surface area contributed by atoms with E-state index in [1.807, 2.05) is 12.5 Å². The minimum Gasteiger partial charge on any atom is -0.472 e. The lowest BCUT2D eigenvalue weighted by molar-refractivity contribution is -0.135. The van der Waals surface area contributed by atoms with E-state index in [1.54, 1.807) is 0 Å². The molecule has 3 N–H and O–H groups in total. The van der Waals surface area contributed by atoms with Crippen LogP contribution in [0.2, 0.25) is 0 Å². The molecule has 9 atom stereocenters. The zero-order valence-electron chi connectivity index (χ0n) is 18.9. The Kier molecular flexibility index (Phi) is 5.56. The number of furan rings is 1. The molecule has 30 heavy (non-hydrogen) atoms. The molecule has 0 spiro atoms. The Balaban J connectivity index is 1.29. The summed E-state index contributed by atoms with van der Waals surface area (Å²) in [4.78, 5) is 0. The molecule has 0 bridgehead atoms. The Morgan fingerprint density at radius 2 is 1.90 bits per heavy atom. The maximum atomic E-state index is 9.77. The summed E-state index contributed by atoms with van der Waals surface area (Å²) in [5.41, 5.74) is 7.91. The highest BCUT2D eigenvalue weighted by Crippen LogP contribution is 2.69. The van der Waals surface area contributed by atoms with Crippen molar-refractivity contribution in [1.29, 1.82) is 0 Å². The van der Waals surface area contributed by atoms with Gasteiger partial charge in [0.15, 0.2) is 0 Å². The molecule has 0 saturated heterocycles. The van der Waals surface area contributed by atoms with E-state index < -0.39 is 6.10 Å². The van der Waals surface area contributed by atoms with E-state index in [9.17, 15) is 5.11 Å². The van der Waals surface area contributed by atoms with Crippen molar-refractivity contribution in [3.8, 4) is 0 Å². The fourth-order valence-electron chi connectivity index (χ4n) is 8.71. The lowest BCUT2D eigenvalue weighted by Gasteiger charge is -2.61. The predicted octanol–water partition coefficient (Wildman–Crippen LogP) is 5.11. The molecule has 5 rings (SSSR count). The summed E-state index contributed by atoms with van der Waals surface area (Å²) >= 11 is 0. The molecular weight excluding hydrogens is 374 g/mol. The van der Waals surface area contributed by atoms with Gasteiger partial charge in [-0.15, -0.1) is 0 Å². The number of aliphatic hydroxyl groups is 1. The third-order valence-corrected chi connectivity index (χ3v) is 10.4. The average molecular weight is 416 g/mol. The number of rotatable bonds is 5. The summed E-state index contributed by atoms with van der Waals surface area (Å²) in [7, 11) is 0. The smallest absolute Gasteiger partial charge is 0.0937 e.